The van der Waals surface area contributed by atoms with Crippen LogP contribution in [0.4, 0.5) is 14.5 Å². The first kappa shape index (κ1) is 17.6. The van der Waals surface area contributed by atoms with Crippen LogP contribution < -0.4 is 5.32 Å². The fourth-order valence-corrected chi connectivity index (χ4v) is 3.61. The van der Waals surface area contributed by atoms with Crippen LogP contribution in [0.3, 0.4) is 0 Å². The summed E-state index contributed by atoms with van der Waals surface area (Å²) in [6, 6.07) is 18.4. The number of imidazole rings is 1. The lowest BCUT2D eigenvalue weighted by atomic mass is 10.2. The smallest absolute Gasteiger partial charge is 0.258 e. The van der Waals surface area contributed by atoms with Crippen molar-refractivity contribution in [1.82, 2.24) is 9.55 Å². The minimum atomic E-state index is -1.16. The van der Waals surface area contributed by atoms with Crippen molar-refractivity contribution in [2.75, 3.05) is 5.32 Å². The van der Waals surface area contributed by atoms with E-state index in [1.165, 1.54) is 12.1 Å². The Balaban J connectivity index is 1.62. The number of para-hydroxylation sites is 2. The number of hydrogen-bond donors (Lipinski definition) is 1. The summed E-state index contributed by atoms with van der Waals surface area (Å²) in [5.41, 5.74) is 2.88. The molecule has 4 rings (SSSR count). The molecule has 0 bridgehead atoms. The number of halogens is 3. The molecule has 0 saturated heterocycles. The summed E-state index contributed by atoms with van der Waals surface area (Å²) in [6.07, 6.45) is 0. The summed E-state index contributed by atoms with van der Waals surface area (Å²) < 4.78 is 29.8. The van der Waals surface area contributed by atoms with Gasteiger partial charge in [0.25, 0.3) is 5.91 Å². The number of benzene rings is 3. The molecule has 0 atom stereocenters. The largest absolute Gasteiger partial charge is 0.322 e. The Morgan fingerprint density at radius 3 is 2.48 bits per heavy atom. The number of aromatic nitrogens is 2. The molecule has 3 aromatic carbocycles. The quantitative estimate of drug-likeness (QED) is 0.417. The van der Waals surface area contributed by atoms with E-state index in [0.29, 0.717) is 5.69 Å². The molecule has 0 aliphatic heterocycles. The average molecular weight is 475 g/mol. The fraction of sp³-hybridized carbons (Fsp3) is 0. The van der Waals surface area contributed by atoms with Crippen molar-refractivity contribution in [2.24, 2.45) is 0 Å². The number of rotatable bonds is 3. The Bertz CT molecular complexity index is 1160. The number of amides is 1. The van der Waals surface area contributed by atoms with Crippen LogP contribution in [0.5, 0.6) is 0 Å². The predicted octanol–water partition coefficient (Wildman–Crippen LogP) is 5.16. The van der Waals surface area contributed by atoms with Crippen molar-refractivity contribution >= 4 is 45.2 Å². The molecular weight excluding hydrogens is 463 g/mol. The SMILES string of the molecule is O=C(Nc1ccc(-n2c(I)nc3ccccc32)cc1)c1cccc(F)c1F. The van der Waals surface area contributed by atoms with E-state index >= 15 is 0 Å². The van der Waals surface area contributed by atoms with Crippen LogP contribution in [0, 0.1) is 15.5 Å². The molecular formula is C20H12F2IN3O. The summed E-state index contributed by atoms with van der Waals surface area (Å²) >= 11 is 2.16. The summed E-state index contributed by atoms with van der Waals surface area (Å²) in [4.78, 5) is 16.7. The molecule has 27 heavy (non-hydrogen) atoms. The first-order valence-electron chi connectivity index (χ1n) is 8.03. The maximum atomic E-state index is 13.8. The van der Waals surface area contributed by atoms with E-state index in [-0.39, 0.29) is 5.56 Å². The highest BCUT2D eigenvalue weighted by Crippen LogP contribution is 2.24. The Morgan fingerprint density at radius 2 is 1.70 bits per heavy atom. The van der Waals surface area contributed by atoms with E-state index in [2.05, 4.69) is 32.9 Å². The molecule has 1 heterocycles. The average Bonchev–Trinajstić information content (AvgIpc) is 3.00. The highest BCUT2D eigenvalue weighted by atomic mass is 127. The zero-order valence-electron chi connectivity index (χ0n) is 13.8. The summed E-state index contributed by atoms with van der Waals surface area (Å²) in [7, 11) is 0. The van der Waals surface area contributed by atoms with Crippen LogP contribution in [0.15, 0.2) is 66.7 Å². The fourth-order valence-electron chi connectivity index (χ4n) is 2.81. The van der Waals surface area contributed by atoms with Crippen LogP contribution in [-0.4, -0.2) is 15.5 Å². The number of anilines is 1. The zero-order valence-corrected chi connectivity index (χ0v) is 15.9. The Labute approximate surface area is 167 Å². The van der Waals surface area contributed by atoms with Gasteiger partial charge in [0.1, 0.15) is 0 Å². The minimum absolute atomic E-state index is 0.339. The van der Waals surface area contributed by atoms with Crippen molar-refractivity contribution in [1.29, 1.82) is 0 Å². The molecule has 0 spiro atoms. The number of nitrogens with one attached hydrogen (secondary N) is 1. The maximum absolute atomic E-state index is 13.8. The van der Waals surface area contributed by atoms with Gasteiger partial charge in [0.15, 0.2) is 15.5 Å². The van der Waals surface area contributed by atoms with Crippen LogP contribution in [0.1, 0.15) is 10.4 Å². The van der Waals surface area contributed by atoms with E-state index in [9.17, 15) is 13.6 Å². The van der Waals surface area contributed by atoms with Gasteiger partial charge in [-0.1, -0.05) is 18.2 Å². The standard InChI is InChI=1S/C20H12F2IN3O/c21-15-5-3-4-14(18(15)22)19(27)24-12-8-10-13(11-9-12)26-17-7-2-1-6-16(17)25-20(26)23/h1-11H,(H,24,27). The third-order valence-corrected chi connectivity index (χ3v) is 4.82. The number of carbonyl (C=O) groups excluding carboxylic acids is 1. The molecule has 0 radical (unpaired) electrons. The summed E-state index contributed by atoms with van der Waals surface area (Å²) in [5.74, 6) is -2.92. The monoisotopic (exact) mass is 475 g/mol. The van der Waals surface area contributed by atoms with Crippen molar-refractivity contribution < 1.29 is 13.6 Å². The molecule has 0 aliphatic carbocycles. The number of nitrogens with zero attached hydrogens (tertiary/aromatic N) is 2. The summed E-state index contributed by atoms with van der Waals surface area (Å²) in [6.45, 7) is 0. The van der Waals surface area contributed by atoms with E-state index < -0.39 is 17.5 Å². The Hall–Kier alpha value is -2.81. The topological polar surface area (TPSA) is 46.9 Å². The lowest BCUT2D eigenvalue weighted by molar-refractivity contribution is 0.102. The van der Waals surface area contributed by atoms with Crippen LogP contribution in [-0.2, 0) is 0 Å². The van der Waals surface area contributed by atoms with Gasteiger partial charge in [-0.2, -0.15) is 0 Å². The normalized spacial score (nSPS) is 10.9. The maximum Gasteiger partial charge on any atom is 0.258 e. The second-order valence-corrected chi connectivity index (χ2v) is 6.77. The van der Waals surface area contributed by atoms with Crippen molar-refractivity contribution in [3.05, 3.63) is 87.8 Å². The second-order valence-electron chi connectivity index (χ2n) is 5.81. The first-order valence-corrected chi connectivity index (χ1v) is 9.11. The molecule has 0 fully saturated rings. The number of carbonyl (C=O) groups is 1. The van der Waals surface area contributed by atoms with E-state index in [1.54, 1.807) is 12.1 Å². The predicted molar refractivity (Wildman–Crippen MR) is 108 cm³/mol. The molecule has 4 nitrogen and oxygen atoms in total. The lowest BCUT2D eigenvalue weighted by Gasteiger charge is -2.09. The van der Waals surface area contributed by atoms with Crippen LogP contribution >= 0.6 is 22.6 Å². The Morgan fingerprint density at radius 1 is 0.963 bits per heavy atom. The molecule has 7 heteroatoms. The van der Waals surface area contributed by atoms with Crippen molar-refractivity contribution in [2.45, 2.75) is 0 Å². The van der Waals surface area contributed by atoms with Crippen LogP contribution in [0.25, 0.3) is 16.7 Å². The van der Waals surface area contributed by atoms with Gasteiger partial charge in [-0.25, -0.2) is 13.8 Å². The molecule has 1 N–H and O–H groups in total. The van der Waals surface area contributed by atoms with Crippen molar-refractivity contribution in [3.63, 3.8) is 0 Å². The van der Waals surface area contributed by atoms with Gasteiger partial charge in [0, 0.05) is 34.0 Å². The van der Waals surface area contributed by atoms with Gasteiger partial charge < -0.3 is 5.32 Å². The molecule has 134 valence electrons. The number of hydrogen-bond acceptors (Lipinski definition) is 2. The molecule has 1 aromatic heterocycles. The van der Waals surface area contributed by atoms with E-state index in [4.69, 9.17) is 0 Å². The van der Waals surface area contributed by atoms with Crippen LogP contribution in [0.2, 0.25) is 0 Å². The lowest BCUT2D eigenvalue weighted by Crippen LogP contribution is -2.14. The highest BCUT2D eigenvalue weighted by molar-refractivity contribution is 14.1. The van der Waals surface area contributed by atoms with Gasteiger partial charge in [-0.05, 0) is 48.5 Å². The van der Waals surface area contributed by atoms with Gasteiger partial charge >= 0.3 is 0 Å². The molecule has 0 aliphatic rings. The van der Waals surface area contributed by atoms with E-state index in [0.717, 1.165) is 26.6 Å². The van der Waals surface area contributed by atoms with Gasteiger partial charge in [-0.3, -0.25) is 9.36 Å². The second kappa shape index (κ2) is 7.07. The third kappa shape index (κ3) is 3.30. The first-order chi connectivity index (χ1) is 13.0. The van der Waals surface area contributed by atoms with Crippen molar-refractivity contribution in [3.8, 4) is 5.69 Å². The zero-order chi connectivity index (χ0) is 19.0. The van der Waals surface area contributed by atoms with Gasteiger partial charge in [0.05, 0.1) is 16.6 Å². The van der Waals surface area contributed by atoms with Gasteiger partial charge in [0.2, 0.25) is 0 Å². The molecule has 1 amide bonds. The third-order valence-electron chi connectivity index (χ3n) is 4.10. The number of fused-ring (bicyclic) bond motifs is 1. The molecule has 4 aromatic rings. The Kier molecular flexibility index (Phi) is 4.61. The van der Waals surface area contributed by atoms with E-state index in [1.807, 2.05) is 41.0 Å². The molecule has 0 saturated carbocycles. The molecule has 0 unspecified atom stereocenters. The highest BCUT2D eigenvalue weighted by Gasteiger charge is 2.15. The summed E-state index contributed by atoms with van der Waals surface area (Å²) in [5, 5.41) is 2.58. The van der Waals surface area contributed by atoms with Gasteiger partial charge in [-0.15, -0.1) is 0 Å². The minimum Gasteiger partial charge on any atom is -0.322 e.